The SMILES string of the molecule is C/C=C/CS(=O)(=O)NCc1ccc2c(c1)CCC(=O)N2CCC. The first-order valence-corrected chi connectivity index (χ1v) is 9.62. The van der Waals surface area contributed by atoms with Crippen LogP contribution in [0.15, 0.2) is 30.4 Å². The molecule has 0 aliphatic carbocycles. The highest BCUT2D eigenvalue weighted by atomic mass is 32.2. The minimum atomic E-state index is -3.29. The number of hydrogen-bond donors (Lipinski definition) is 1. The van der Waals surface area contributed by atoms with E-state index in [0.717, 1.165) is 29.8 Å². The minimum Gasteiger partial charge on any atom is -0.312 e. The summed E-state index contributed by atoms with van der Waals surface area (Å²) in [6.07, 6.45) is 5.48. The predicted molar refractivity (Wildman–Crippen MR) is 92.8 cm³/mol. The van der Waals surface area contributed by atoms with Crippen LogP contribution in [0.3, 0.4) is 0 Å². The summed E-state index contributed by atoms with van der Waals surface area (Å²) in [5, 5.41) is 0. The highest BCUT2D eigenvalue weighted by Crippen LogP contribution is 2.29. The summed E-state index contributed by atoms with van der Waals surface area (Å²) in [6, 6.07) is 5.82. The zero-order valence-corrected chi connectivity index (χ0v) is 14.5. The van der Waals surface area contributed by atoms with Crippen molar-refractivity contribution >= 4 is 21.6 Å². The standard InChI is InChI=1S/C17H24N2O3S/c1-3-5-11-23(21,22)18-13-14-6-8-16-15(12-14)7-9-17(20)19(16)10-4-2/h3,5-6,8,12,18H,4,7,9-11,13H2,1-2H3/b5-3+. The first-order valence-electron chi connectivity index (χ1n) is 7.97. The summed E-state index contributed by atoms with van der Waals surface area (Å²) < 4.78 is 26.2. The van der Waals surface area contributed by atoms with E-state index < -0.39 is 10.0 Å². The monoisotopic (exact) mass is 336 g/mol. The number of nitrogens with one attached hydrogen (secondary N) is 1. The molecule has 0 aromatic heterocycles. The number of sulfonamides is 1. The van der Waals surface area contributed by atoms with Crippen molar-refractivity contribution in [2.45, 2.75) is 39.7 Å². The maximum Gasteiger partial charge on any atom is 0.227 e. The predicted octanol–water partition coefficient (Wildman–Crippen LogP) is 2.37. The average Bonchev–Trinajstić information content (AvgIpc) is 2.54. The third kappa shape index (κ3) is 4.65. The first kappa shape index (κ1) is 17.7. The van der Waals surface area contributed by atoms with Crippen molar-refractivity contribution in [3.8, 4) is 0 Å². The van der Waals surface area contributed by atoms with Crippen LogP contribution < -0.4 is 9.62 Å². The lowest BCUT2D eigenvalue weighted by Crippen LogP contribution is -2.35. The Kier molecular flexibility index (Phi) is 5.96. The van der Waals surface area contributed by atoms with Crippen LogP contribution in [0.2, 0.25) is 0 Å². The smallest absolute Gasteiger partial charge is 0.227 e. The molecule has 23 heavy (non-hydrogen) atoms. The largest absolute Gasteiger partial charge is 0.312 e. The molecule has 1 aliphatic heterocycles. The van der Waals surface area contributed by atoms with Gasteiger partial charge in [-0.15, -0.1) is 0 Å². The molecule has 0 unspecified atom stereocenters. The molecule has 1 heterocycles. The molecule has 0 atom stereocenters. The molecule has 1 aromatic rings. The zero-order chi connectivity index (χ0) is 16.9. The van der Waals surface area contributed by atoms with Gasteiger partial charge in [0, 0.05) is 25.2 Å². The van der Waals surface area contributed by atoms with E-state index >= 15 is 0 Å². The molecule has 0 saturated carbocycles. The normalized spacial score (nSPS) is 15.2. The Morgan fingerprint density at radius 3 is 2.78 bits per heavy atom. The number of nitrogens with zero attached hydrogens (tertiary/aromatic N) is 1. The number of benzene rings is 1. The fourth-order valence-electron chi connectivity index (χ4n) is 2.67. The number of fused-ring (bicyclic) bond motifs is 1. The lowest BCUT2D eigenvalue weighted by Gasteiger charge is -2.29. The molecule has 1 aromatic carbocycles. The number of carbonyl (C=O) groups excluding carboxylic acids is 1. The van der Waals surface area contributed by atoms with E-state index in [9.17, 15) is 13.2 Å². The number of allylic oxidation sites excluding steroid dienone is 1. The summed E-state index contributed by atoms with van der Waals surface area (Å²) >= 11 is 0. The highest BCUT2D eigenvalue weighted by Gasteiger charge is 2.23. The quantitative estimate of drug-likeness (QED) is 0.777. The molecule has 0 saturated heterocycles. The molecule has 0 spiro atoms. The Morgan fingerprint density at radius 1 is 1.30 bits per heavy atom. The van der Waals surface area contributed by atoms with Crippen molar-refractivity contribution in [2.24, 2.45) is 0 Å². The number of rotatable bonds is 7. The Morgan fingerprint density at radius 2 is 2.09 bits per heavy atom. The van der Waals surface area contributed by atoms with Crippen LogP contribution in [0.1, 0.15) is 37.8 Å². The van der Waals surface area contributed by atoms with Crippen molar-refractivity contribution in [2.75, 3.05) is 17.2 Å². The number of carbonyl (C=O) groups is 1. The third-order valence-electron chi connectivity index (χ3n) is 3.84. The van der Waals surface area contributed by atoms with Gasteiger partial charge >= 0.3 is 0 Å². The van der Waals surface area contributed by atoms with Crippen molar-refractivity contribution in [1.29, 1.82) is 0 Å². The van der Waals surface area contributed by atoms with Crippen LogP contribution in [0, 0.1) is 0 Å². The van der Waals surface area contributed by atoms with Gasteiger partial charge in [0.1, 0.15) is 0 Å². The van der Waals surface area contributed by atoms with Crippen LogP contribution in [-0.2, 0) is 27.8 Å². The van der Waals surface area contributed by atoms with Gasteiger partial charge in [-0.3, -0.25) is 4.79 Å². The first-order chi connectivity index (χ1) is 11.0. The molecular weight excluding hydrogens is 312 g/mol. The van der Waals surface area contributed by atoms with Gasteiger partial charge in [0.25, 0.3) is 0 Å². The van der Waals surface area contributed by atoms with Gasteiger partial charge in [-0.25, -0.2) is 13.1 Å². The summed E-state index contributed by atoms with van der Waals surface area (Å²) in [5.74, 6) is 0.159. The second-order valence-corrected chi connectivity index (χ2v) is 7.53. The van der Waals surface area contributed by atoms with Gasteiger partial charge < -0.3 is 4.90 Å². The van der Waals surface area contributed by atoms with Gasteiger partial charge in [-0.1, -0.05) is 31.2 Å². The summed E-state index contributed by atoms with van der Waals surface area (Å²) in [4.78, 5) is 13.8. The van der Waals surface area contributed by atoms with Crippen LogP contribution in [0.5, 0.6) is 0 Å². The molecule has 1 amide bonds. The van der Waals surface area contributed by atoms with E-state index in [0.29, 0.717) is 12.8 Å². The Balaban J connectivity index is 2.11. The van der Waals surface area contributed by atoms with Crippen LogP contribution in [0.4, 0.5) is 5.69 Å². The third-order valence-corrected chi connectivity index (χ3v) is 5.05. The minimum absolute atomic E-state index is 0.00673. The second-order valence-electron chi connectivity index (χ2n) is 5.68. The van der Waals surface area contributed by atoms with Crippen LogP contribution >= 0.6 is 0 Å². The maximum atomic E-state index is 12.0. The van der Waals surface area contributed by atoms with Crippen LogP contribution in [-0.4, -0.2) is 26.6 Å². The lowest BCUT2D eigenvalue weighted by molar-refractivity contribution is -0.118. The zero-order valence-electron chi connectivity index (χ0n) is 13.7. The van der Waals surface area contributed by atoms with E-state index in [-0.39, 0.29) is 18.2 Å². The van der Waals surface area contributed by atoms with Crippen LogP contribution in [0.25, 0.3) is 0 Å². The van der Waals surface area contributed by atoms with Gasteiger partial charge in [0.15, 0.2) is 0 Å². The molecule has 5 nitrogen and oxygen atoms in total. The number of amides is 1. The number of anilines is 1. The van der Waals surface area contributed by atoms with Crippen molar-refractivity contribution in [1.82, 2.24) is 4.72 Å². The van der Waals surface area contributed by atoms with Gasteiger partial charge in [-0.2, -0.15) is 0 Å². The van der Waals surface area contributed by atoms with Gasteiger partial charge in [0.2, 0.25) is 15.9 Å². The molecule has 1 aliphatic rings. The highest BCUT2D eigenvalue weighted by molar-refractivity contribution is 7.89. The summed E-state index contributed by atoms with van der Waals surface area (Å²) in [5.41, 5.74) is 2.99. The van der Waals surface area contributed by atoms with Crippen molar-refractivity contribution < 1.29 is 13.2 Å². The Bertz CT molecular complexity index is 696. The van der Waals surface area contributed by atoms with Gasteiger partial charge in [0.05, 0.1) is 5.75 Å². The Hall–Kier alpha value is -1.66. The van der Waals surface area contributed by atoms with E-state index in [4.69, 9.17) is 0 Å². The molecule has 0 fully saturated rings. The Labute approximate surface area is 138 Å². The molecule has 0 radical (unpaired) electrons. The van der Waals surface area contributed by atoms with Crippen molar-refractivity contribution in [3.05, 3.63) is 41.5 Å². The molecule has 1 N–H and O–H groups in total. The van der Waals surface area contributed by atoms with E-state index in [2.05, 4.69) is 11.6 Å². The molecule has 0 bridgehead atoms. The second kappa shape index (κ2) is 7.75. The summed E-state index contributed by atoms with van der Waals surface area (Å²) in [6.45, 7) is 4.84. The fourth-order valence-corrected chi connectivity index (χ4v) is 3.62. The van der Waals surface area contributed by atoms with Gasteiger partial charge in [-0.05, 0) is 37.0 Å². The van der Waals surface area contributed by atoms with E-state index in [1.807, 2.05) is 23.1 Å². The van der Waals surface area contributed by atoms with E-state index in [1.54, 1.807) is 19.1 Å². The molecule has 126 valence electrons. The van der Waals surface area contributed by atoms with Crippen molar-refractivity contribution in [3.63, 3.8) is 0 Å². The average molecular weight is 336 g/mol. The number of aryl methyl sites for hydroxylation is 1. The maximum absolute atomic E-state index is 12.0. The number of hydrogen-bond acceptors (Lipinski definition) is 3. The molecule has 6 heteroatoms. The molecule has 2 rings (SSSR count). The lowest BCUT2D eigenvalue weighted by atomic mass is 9.98. The fraction of sp³-hybridized carbons (Fsp3) is 0.471. The van der Waals surface area contributed by atoms with E-state index in [1.165, 1.54) is 0 Å². The topological polar surface area (TPSA) is 66.5 Å². The summed E-state index contributed by atoms with van der Waals surface area (Å²) in [7, 11) is -3.29. The molecular formula is C17H24N2O3S.